The van der Waals surface area contributed by atoms with E-state index in [-0.39, 0.29) is 5.97 Å². The monoisotopic (exact) mass is 342 g/mol. The van der Waals surface area contributed by atoms with Gasteiger partial charge in [-0.1, -0.05) is 12.1 Å². The molecule has 3 rings (SSSR count). The molecule has 0 unspecified atom stereocenters. The minimum Gasteiger partial charge on any atom is -0.462 e. The second-order valence-electron chi connectivity index (χ2n) is 5.44. The molecule has 0 radical (unpaired) electrons. The lowest BCUT2D eigenvalue weighted by atomic mass is 10.1. The van der Waals surface area contributed by atoms with E-state index in [1.165, 1.54) is 17.7 Å². The van der Waals surface area contributed by atoms with E-state index >= 15 is 0 Å². The second kappa shape index (κ2) is 6.57. The lowest BCUT2D eigenvalue weighted by molar-refractivity contribution is 0.0531. The van der Waals surface area contributed by atoms with Gasteiger partial charge in [-0.25, -0.2) is 14.8 Å². The number of aromatic nitrogens is 2. The Morgan fingerprint density at radius 3 is 2.71 bits per heavy atom. The van der Waals surface area contributed by atoms with Crippen molar-refractivity contribution in [1.82, 2.24) is 9.97 Å². The van der Waals surface area contributed by atoms with Crippen LogP contribution in [0.4, 0.5) is 0 Å². The molecule has 0 saturated heterocycles. The number of nitrogens with zero attached hydrogens (tertiary/aromatic N) is 2. The largest absolute Gasteiger partial charge is 0.462 e. The van der Waals surface area contributed by atoms with Gasteiger partial charge in [-0.3, -0.25) is 0 Å². The van der Waals surface area contributed by atoms with Crippen LogP contribution in [0.25, 0.3) is 10.2 Å². The van der Waals surface area contributed by atoms with Crippen LogP contribution in [0.5, 0.6) is 11.6 Å². The van der Waals surface area contributed by atoms with Crippen LogP contribution >= 0.6 is 11.3 Å². The first-order valence-corrected chi connectivity index (χ1v) is 8.49. The van der Waals surface area contributed by atoms with E-state index in [0.717, 1.165) is 27.8 Å². The van der Waals surface area contributed by atoms with Crippen LogP contribution in [0, 0.1) is 20.8 Å². The minimum absolute atomic E-state index is 0.337. The number of hydrogen-bond donors (Lipinski definition) is 0. The molecule has 5 nitrogen and oxygen atoms in total. The van der Waals surface area contributed by atoms with Gasteiger partial charge in [0.15, 0.2) is 0 Å². The van der Waals surface area contributed by atoms with Crippen molar-refractivity contribution in [2.24, 2.45) is 0 Å². The van der Waals surface area contributed by atoms with Crippen LogP contribution in [0.2, 0.25) is 0 Å². The topological polar surface area (TPSA) is 61.3 Å². The van der Waals surface area contributed by atoms with E-state index in [2.05, 4.69) is 9.97 Å². The van der Waals surface area contributed by atoms with E-state index in [0.29, 0.717) is 22.2 Å². The van der Waals surface area contributed by atoms with Crippen molar-refractivity contribution < 1.29 is 14.3 Å². The van der Waals surface area contributed by atoms with Crippen molar-refractivity contribution in [3.8, 4) is 11.6 Å². The first-order chi connectivity index (χ1) is 11.5. The predicted octanol–water partition coefficient (Wildman–Crippen LogP) is 4.59. The van der Waals surface area contributed by atoms with Gasteiger partial charge < -0.3 is 9.47 Å². The molecular weight excluding hydrogens is 324 g/mol. The zero-order valence-corrected chi connectivity index (χ0v) is 14.9. The van der Waals surface area contributed by atoms with E-state index < -0.39 is 0 Å². The zero-order valence-electron chi connectivity index (χ0n) is 14.0. The molecule has 0 atom stereocenters. The highest BCUT2D eigenvalue weighted by atomic mass is 32.1. The molecule has 0 amide bonds. The van der Waals surface area contributed by atoms with Gasteiger partial charge in [-0.15, -0.1) is 11.3 Å². The van der Waals surface area contributed by atoms with Crippen molar-refractivity contribution in [2.75, 3.05) is 6.61 Å². The van der Waals surface area contributed by atoms with E-state index in [1.54, 1.807) is 6.92 Å². The summed E-state index contributed by atoms with van der Waals surface area (Å²) in [5.74, 6) is 0.868. The number of thiophene rings is 1. The minimum atomic E-state index is -0.337. The van der Waals surface area contributed by atoms with Crippen LogP contribution in [-0.2, 0) is 4.74 Å². The number of rotatable bonds is 4. The molecule has 0 saturated carbocycles. The van der Waals surface area contributed by atoms with E-state index in [9.17, 15) is 4.79 Å². The summed E-state index contributed by atoms with van der Waals surface area (Å²) in [5.41, 5.74) is 2.99. The van der Waals surface area contributed by atoms with Gasteiger partial charge in [-0.2, -0.15) is 0 Å². The van der Waals surface area contributed by atoms with Gasteiger partial charge in [-0.05, 0) is 50.5 Å². The third kappa shape index (κ3) is 2.85. The molecule has 0 fully saturated rings. The van der Waals surface area contributed by atoms with Crippen LogP contribution in [-0.4, -0.2) is 22.5 Å². The van der Waals surface area contributed by atoms with Gasteiger partial charge >= 0.3 is 5.97 Å². The summed E-state index contributed by atoms with van der Waals surface area (Å²) in [7, 11) is 0. The molecule has 0 N–H and O–H groups in total. The average Bonchev–Trinajstić information content (AvgIpc) is 2.90. The molecule has 2 aromatic heterocycles. The highest BCUT2D eigenvalue weighted by Gasteiger charge is 2.21. The van der Waals surface area contributed by atoms with Crippen LogP contribution < -0.4 is 4.74 Å². The van der Waals surface area contributed by atoms with Gasteiger partial charge in [0.25, 0.3) is 0 Å². The van der Waals surface area contributed by atoms with Crippen LogP contribution in [0.1, 0.15) is 33.3 Å². The quantitative estimate of drug-likeness (QED) is 0.649. The van der Waals surface area contributed by atoms with Crippen LogP contribution in [0.3, 0.4) is 0 Å². The maximum absolute atomic E-state index is 12.1. The summed E-state index contributed by atoms with van der Waals surface area (Å²) >= 11 is 1.30. The summed E-state index contributed by atoms with van der Waals surface area (Å²) < 4.78 is 11.2. The Balaban J connectivity index is 2.09. The lowest BCUT2D eigenvalue weighted by Crippen LogP contribution is -2.03. The van der Waals surface area contributed by atoms with Gasteiger partial charge in [0.2, 0.25) is 5.88 Å². The van der Waals surface area contributed by atoms with Crippen molar-refractivity contribution >= 4 is 27.5 Å². The Bertz CT molecular complexity index is 918. The molecule has 0 spiro atoms. The third-order valence-corrected chi connectivity index (χ3v) is 5.09. The summed E-state index contributed by atoms with van der Waals surface area (Å²) in [6.07, 6.45) is 1.45. The Hall–Kier alpha value is -2.47. The molecule has 0 bridgehead atoms. The van der Waals surface area contributed by atoms with Gasteiger partial charge in [0.1, 0.15) is 21.8 Å². The number of hydrogen-bond acceptors (Lipinski definition) is 6. The van der Waals surface area contributed by atoms with Crippen molar-refractivity contribution in [3.63, 3.8) is 0 Å². The van der Waals surface area contributed by atoms with Crippen molar-refractivity contribution in [2.45, 2.75) is 27.7 Å². The molecule has 6 heteroatoms. The lowest BCUT2D eigenvalue weighted by Gasteiger charge is -2.10. The fraction of sp³-hybridized carbons (Fsp3) is 0.278. The Labute approximate surface area is 144 Å². The van der Waals surface area contributed by atoms with Gasteiger partial charge in [0, 0.05) is 0 Å². The maximum atomic E-state index is 12.1. The molecule has 0 aliphatic rings. The second-order valence-corrected chi connectivity index (χ2v) is 6.43. The van der Waals surface area contributed by atoms with Crippen molar-refractivity contribution in [3.05, 3.63) is 46.1 Å². The molecule has 0 aliphatic carbocycles. The highest BCUT2D eigenvalue weighted by Crippen LogP contribution is 2.37. The molecule has 1 aromatic carbocycles. The number of carbonyl (C=O) groups is 1. The number of esters is 1. The summed E-state index contributed by atoms with van der Waals surface area (Å²) in [4.78, 5) is 21.9. The highest BCUT2D eigenvalue weighted by molar-refractivity contribution is 7.20. The summed E-state index contributed by atoms with van der Waals surface area (Å²) in [5, 5.41) is 0.756. The average molecular weight is 342 g/mol. The summed E-state index contributed by atoms with van der Waals surface area (Å²) in [6.45, 7) is 8.03. The summed E-state index contributed by atoms with van der Waals surface area (Å²) in [6, 6.07) is 5.89. The predicted molar refractivity (Wildman–Crippen MR) is 94.1 cm³/mol. The van der Waals surface area contributed by atoms with Gasteiger partial charge in [0.05, 0.1) is 12.0 Å². The molecule has 0 aliphatic heterocycles. The first kappa shape index (κ1) is 16.4. The maximum Gasteiger partial charge on any atom is 0.348 e. The zero-order chi connectivity index (χ0) is 17.3. The number of ether oxygens (including phenoxy) is 2. The SMILES string of the molecule is CCOC(=O)c1sc2ncnc(Oc3cccc(C)c3C)c2c1C. The number of aryl methyl sites for hydroxylation is 2. The number of carbonyl (C=O) groups excluding carboxylic acids is 1. The molecular formula is C18H18N2O3S. The standard InChI is InChI=1S/C18H18N2O3S/c1-5-22-18(21)15-12(4)14-16(19-9-20-17(14)24-15)23-13-8-6-7-10(2)11(13)3/h6-9H,5H2,1-4H3. The van der Waals surface area contributed by atoms with Crippen LogP contribution in [0.15, 0.2) is 24.5 Å². The fourth-order valence-electron chi connectivity index (χ4n) is 2.45. The first-order valence-electron chi connectivity index (χ1n) is 7.68. The third-order valence-electron chi connectivity index (χ3n) is 3.91. The smallest absolute Gasteiger partial charge is 0.348 e. The fourth-order valence-corrected chi connectivity index (χ4v) is 3.48. The van der Waals surface area contributed by atoms with Crippen molar-refractivity contribution in [1.29, 1.82) is 0 Å². The normalized spacial score (nSPS) is 10.8. The Morgan fingerprint density at radius 2 is 1.96 bits per heavy atom. The number of fused-ring (bicyclic) bond motifs is 1. The molecule has 24 heavy (non-hydrogen) atoms. The number of benzene rings is 1. The van der Waals surface area contributed by atoms with E-state index in [1.807, 2.05) is 39.0 Å². The Kier molecular flexibility index (Phi) is 4.49. The molecule has 124 valence electrons. The molecule has 2 heterocycles. The Morgan fingerprint density at radius 1 is 1.17 bits per heavy atom. The molecule has 3 aromatic rings. The van der Waals surface area contributed by atoms with E-state index in [4.69, 9.17) is 9.47 Å².